The Morgan fingerprint density at radius 3 is 2.24 bits per heavy atom. The van der Waals surface area contributed by atoms with Crippen LogP contribution in [0.5, 0.6) is 0 Å². The summed E-state index contributed by atoms with van der Waals surface area (Å²) in [5.41, 5.74) is 0. The van der Waals surface area contributed by atoms with Gasteiger partial charge in [-0.15, -0.1) is 11.3 Å². The van der Waals surface area contributed by atoms with Crippen LogP contribution in [0.15, 0.2) is 6.20 Å². The van der Waals surface area contributed by atoms with E-state index in [4.69, 9.17) is 5.11 Å². The summed E-state index contributed by atoms with van der Waals surface area (Å²) in [6.45, 7) is 4.45. The van der Waals surface area contributed by atoms with Crippen molar-refractivity contribution in [3.63, 3.8) is 0 Å². The smallest absolute Gasteiger partial charge is 0.347 e. The van der Waals surface area contributed by atoms with Crippen molar-refractivity contribution in [2.24, 2.45) is 0 Å². The van der Waals surface area contributed by atoms with E-state index in [-0.39, 0.29) is 0 Å². The third-order valence-corrected chi connectivity index (χ3v) is 5.04. The number of aromatic carboxylic acids is 1. The molecular weight excluding hydrogens is 282 g/mol. The number of thiazole rings is 1. The van der Waals surface area contributed by atoms with Crippen LogP contribution < -0.4 is 0 Å². The fourth-order valence-corrected chi connectivity index (χ4v) is 3.53. The van der Waals surface area contributed by atoms with Crippen molar-refractivity contribution in [2.45, 2.75) is 84.0 Å². The topological polar surface area (TPSA) is 50.2 Å². The van der Waals surface area contributed by atoms with Crippen molar-refractivity contribution in [1.82, 2.24) is 4.98 Å². The maximum Gasteiger partial charge on any atom is 0.347 e. The number of rotatable bonds is 12. The lowest BCUT2D eigenvalue weighted by Gasteiger charge is -2.14. The molecule has 1 atom stereocenters. The molecule has 3 nitrogen and oxygen atoms in total. The molecule has 0 amide bonds. The molecule has 120 valence electrons. The van der Waals surface area contributed by atoms with Crippen molar-refractivity contribution in [1.29, 1.82) is 0 Å². The minimum Gasteiger partial charge on any atom is -0.477 e. The van der Waals surface area contributed by atoms with Gasteiger partial charge in [0.15, 0.2) is 0 Å². The molecule has 0 bridgehead atoms. The zero-order valence-electron chi connectivity index (χ0n) is 13.4. The zero-order chi connectivity index (χ0) is 15.5. The first-order valence-electron chi connectivity index (χ1n) is 8.38. The predicted molar refractivity (Wildman–Crippen MR) is 89.3 cm³/mol. The van der Waals surface area contributed by atoms with E-state index < -0.39 is 5.97 Å². The molecule has 0 fully saturated rings. The standard InChI is InChI=1S/C17H29NO2S/c1-3-5-7-8-10-12-14(11-9-6-4-2)16-18-13-15(21-16)17(19)20/h13-14H,3-12H2,1-2H3,(H,19,20). The number of hydrogen-bond acceptors (Lipinski definition) is 3. The molecule has 21 heavy (non-hydrogen) atoms. The Morgan fingerprint density at radius 1 is 1.10 bits per heavy atom. The van der Waals surface area contributed by atoms with Gasteiger partial charge in [0.1, 0.15) is 4.88 Å². The average molecular weight is 311 g/mol. The molecule has 0 aliphatic carbocycles. The van der Waals surface area contributed by atoms with Gasteiger partial charge < -0.3 is 5.11 Å². The van der Waals surface area contributed by atoms with Crippen LogP contribution in [0.4, 0.5) is 0 Å². The van der Waals surface area contributed by atoms with Crippen LogP contribution in [0, 0.1) is 0 Å². The maximum absolute atomic E-state index is 11.0. The molecule has 0 aliphatic heterocycles. The lowest BCUT2D eigenvalue weighted by molar-refractivity contribution is 0.0702. The van der Waals surface area contributed by atoms with Gasteiger partial charge in [-0.05, 0) is 12.8 Å². The molecule has 1 N–H and O–H groups in total. The number of unbranched alkanes of at least 4 members (excludes halogenated alkanes) is 6. The SMILES string of the molecule is CCCCCCCC(CCCCC)c1ncc(C(=O)O)s1. The van der Waals surface area contributed by atoms with Gasteiger partial charge in [-0.25, -0.2) is 9.78 Å². The summed E-state index contributed by atoms with van der Waals surface area (Å²) in [4.78, 5) is 15.7. The Labute approximate surface area is 132 Å². The van der Waals surface area contributed by atoms with E-state index in [1.165, 1.54) is 68.9 Å². The molecule has 0 aliphatic rings. The van der Waals surface area contributed by atoms with Crippen LogP contribution in [-0.2, 0) is 0 Å². The molecular formula is C17H29NO2S. The van der Waals surface area contributed by atoms with Crippen LogP contribution >= 0.6 is 11.3 Å². The fourth-order valence-electron chi connectivity index (χ4n) is 2.60. The normalized spacial score (nSPS) is 12.5. The van der Waals surface area contributed by atoms with Crippen LogP contribution in [0.3, 0.4) is 0 Å². The number of carbonyl (C=O) groups is 1. The van der Waals surface area contributed by atoms with E-state index in [1.54, 1.807) is 0 Å². The highest BCUT2D eigenvalue weighted by molar-refractivity contribution is 7.13. The monoisotopic (exact) mass is 311 g/mol. The highest BCUT2D eigenvalue weighted by Crippen LogP contribution is 2.31. The van der Waals surface area contributed by atoms with E-state index in [1.807, 2.05) is 0 Å². The molecule has 0 saturated heterocycles. The van der Waals surface area contributed by atoms with E-state index in [9.17, 15) is 4.79 Å². The Kier molecular flexibility index (Phi) is 9.31. The Balaban J connectivity index is 2.51. The Hall–Kier alpha value is -0.900. The number of nitrogens with zero attached hydrogens (tertiary/aromatic N) is 1. The van der Waals surface area contributed by atoms with Crippen molar-refractivity contribution >= 4 is 17.3 Å². The second kappa shape index (κ2) is 10.8. The molecule has 0 radical (unpaired) electrons. The minimum atomic E-state index is -0.853. The zero-order valence-corrected chi connectivity index (χ0v) is 14.3. The van der Waals surface area contributed by atoms with Crippen molar-refractivity contribution < 1.29 is 9.90 Å². The van der Waals surface area contributed by atoms with Crippen LogP contribution in [0.25, 0.3) is 0 Å². The molecule has 0 saturated carbocycles. The summed E-state index contributed by atoms with van der Waals surface area (Å²) >= 11 is 1.36. The first-order chi connectivity index (χ1) is 10.2. The summed E-state index contributed by atoms with van der Waals surface area (Å²) in [6.07, 6.45) is 13.9. The van der Waals surface area contributed by atoms with Crippen molar-refractivity contribution in [3.05, 3.63) is 16.1 Å². The largest absolute Gasteiger partial charge is 0.477 e. The highest BCUT2D eigenvalue weighted by Gasteiger charge is 2.17. The Morgan fingerprint density at radius 2 is 1.67 bits per heavy atom. The quantitative estimate of drug-likeness (QED) is 0.491. The van der Waals surface area contributed by atoms with E-state index >= 15 is 0 Å². The molecule has 1 aromatic heterocycles. The maximum atomic E-state index is 11.0. The van der Waals surface area contributed by atoms with E-state index in [0.717, 1.165) is 17.8 Å². The number of carboxylic acids is 1. The lowest BCUT2D eigenvalue weighted by atomic mass is 9.95. The summed E-state index contributed by atoms with van der Waals surface area (Å²) in [6, 6.07) is 0. The molecule has 0 aromatic carbocycles. The van der Waals surface area contributed by atoms with Crippen LogP contribution in [-0.4, -0.2) is 16.1 Å². The molecule has 1 heterocycles. The molecule has 1 aromatic rings. The highest BCUT2D eigenvalue weighted by atomic mass is 32.1. The van der Waals surface area contributed by atoms with Gasteiger partial charge in [0.05, 0.1) is 11.2 Å². The third-order valence-electron chi connectivity index (χ3n) is 3.90. The van der Waals surface area contributed by atoms with Gasteiger partial charge in [-0.3, -0.25) is 0 Å². The second-order valence-corrected chi connectivity index (χ2v) is 6.83. The molecule has 1 unspecified atom stereocenters. The van der Waals surface area contributed by atoms with Gasteiger partial charge in [-0.1, -0.05) is 65.2 Å². The van der Waals surface area contributed by atoms with Gasteiger partial charge in [0, 0.05) is 5.92 Å². The van der Waals surface area contributed by atoms with Gasteiger partial charge in [0.2, 0.25) is 0 Å². The molecule has 1 rings (SSSR count). The predicted octanol–water partition coefficient (Wildman–Crippen LogP) is 5.87. The Bertz CT molecular complexity index is 403. The van der Waals surface area contributed by atoms with Crippen LogP contribution in [0.1, 0.15) is 98.7 Å². The first-order valence-corrected chi connectivity index (χ1v) is 9.19. The molecule has 0 spiro atoms. The fraction of sp³-hybridized carbons (Fsp3) is 0.765. The summed E-state index contributed by atoms with van der Waals surface area (Å²) in [5, 5.41) is 10.1. The van der Waals surface area contributed by atoms with Crippen molar-refractivity contribution in [3.8, 4) is 0 Å². The van der Waals surface area contributed by atoms with Crippen LogP contribution in [0.2, 0.25) is 0 Å². The third kappa shape index (κ3) is 7.07. The lowest BCUT2D eigenvalue weighted by Crippen LogP contribution is -1.99. The minimum absolute atomic E-state index is 0.372. The summed E-state index contributed by atoms with van der Waals surface area (Å²) < 4.78 is 0. The van der Waals surface area contributed by atoms with Crippen molar-refractivity contribution in [2.75, 3.05) is 0 Å². The summed E-state index contributed by atoms with van der Waals surface area (Å²) in [5.74, 6) is -0.398. The first kappa shape index (κ1) is 18.1. The van der Waals surface area contributed by atoms with E-state index in [0.29, 0.717) is 10.8 Å². The average Bonchev–Trinajstić information content (AvgIpc) is 2.95. The van der Waals surface area contributed by atoms with Gasteiger partial charge in [-0.2, -0.15) is 0 Å². The number of aromatic nitrogens is 1. The van der Waals surface area contributed by atoms with Gasteiger partial charge in [0.25, 0.3) is 0 Å². The summed E-state index contributed by atoms with van der Waals surface area (Å²) in [7, 11) is 0. The number of hydrogen-bond donors (Lipinski definition) is 1. The molecule has 4 heteroatoms. The second-order valence-electron chi connectivity index (χ2n) is 5.76. The van der Waals surface area contributed by atoms with E-state index in [2.05, 4.69) is 18.8 Å². The van der Waals surface area contributed by atoms with Gasteiger partial charge >= 0.3 is 5.97 Å². The number of carboxylic acid groups (broad SMARTS) is 1.